The van der Waals surface area contributed by atoms with E-state index in [1.807, 2.05) is 12.4 Å². The SMILES string of the molecule is CCn1ccnc1CN1CCN(CC(=O)N(C)C(C)(C)C#N)CC1. The molecule has 0 unspecified atom stereocenters. The third-order valence-electron chi connectivity index (χ3n) is 4.82. The van der Waals surface area contributed by atoms with Crippen LogP contribution in [-0.4, -0.2) is 75.5 Å². The molecule has 0 bridgehead atoms. The Bertz CT molecular complexity index is 594. The van der Waals surface area contributed by atoms with Crippen molar-refractivity contribution in [3.05, 3.63) is 18.2 Å². The molecule has 1 aromatic rings. The highest BCUT2D eigenvalue weighted by molar-refractivity contribution is 5.79. The number of carbonyl (C=O) groups is 1. The molecule has 7 heteroatoms. The summed E-state index contributed by atoms with van der Waals surface area (Å²) in [5, 5.41) is 9.15. The van der Waals surface area contributed by atoms with Gasteiger partial charge in [-0.1, -0.05) is 0 Å². The van der Waals surface area contributed by atoms with E-state index in [2.05, 4.69) is 32.3 Å². The number of piperazine rings is 1. The van der Waals surface area contributed by atoms with E-state index in [0.29, 0.717) is 6.54 Å². The molecule has 0 N–H and O–H groups in total. The monoisotopic (exact) mass is 332 g/mol. The van der Waals surface area contributed by atoms with E-state index >= 15 is 0 Å². The van der Waals surface area contributed by atoms with Gasteiger partial charge in [0.05, 0.1) is 19.2 Å². The molecule has 132 valence electrons. The molecular weight excluding hydrogens is 304 g/mol. The quantitative estimate of drug-likeness (QED) is 0.770. The first-order chi connectivity index (χ1) is 11.4. The van der Waals surface area contributed by atoms with Crippen molar-refractivity contribution in [2.45, 2.75) is 39.4 Å². The lowest BCUT2D eigenvalue weighted by molar-refractivity contribution is -0.134. The minimum atomic E-state index is -0.768. The first-order valence-electron chi connectivity index (χ1n) is 8.50. The van der Waals surface area contributed by atoms with Gasteiger partial charge in [0, 0.05) is 52.2 Å². The van der Waals surface area contributed by atoms with Crippen molar-refractivity contribution in [2.75, 3.05) is 39.8 Å². The Labute approximate surface area is 144 Å². The van der Waals surface area contributed by atoms with Crippen molar-refractivity contribution in [3.8, 4) is 6.07 Å². The highest BCUT2D eigenvalue weighted by Gasteiger charge is 2.29. The van der Waals surface area contributed by atoms with Crippen LogP contribution in [-0.2, 0) is 17.9 Å². The fourth-order valence-electron chi connectivity index (χ4n) is 2.77. The number of imidazole rings is 1. The zero-order valence-electron chi connectivity index (χ0n) is 15.2. The Balaban J connectivity index is 1.81. The third kappa shape index (κ3) is 4.34. The van der Waals surface area contributed by atoms with Crippen LogP contribution in [0.4, 0.5) is 0 Å². The highest BCUT2D eigenvalue weighted by Crippen LogP contribution is 2.12. The molecule has 1 fully saturated rings. The second-order valence-corrected chi connectivity index (χ2v) is 6.81. The topological polar surface area (TPSA) is 68.4 Å². The van der Waals surface area contributed by atoms with Crippen LogP contribution in [0.25, 0.3) is 0 Å². The van der Waals surface area contributed by atoms with Gasteiger partial charge < -0.3 is 9.47 Å². The summed E-state index contributed by atoms with van der Waals surface area (Å²) in [6.45, 7) is 11.4. The molecule has 1 amide bonds. The van der Waals surface area contributed by atoms with Gasteiger partial charge in [-0.3, -0.25) is 14.6 Å². The molecule has 1 aliphatic heterocycles. The lowest BCUT2D eigenvalue weighted by atomic mass is 10.1. The van der Waals surface area contributed by atoms with Crippen molar-refractivity contribution in [2.24, 2.45) is 0 Å². The molecule has 2 rings (SSSR count). The zero-order valence-corrected chi connectivity index (χ0v) is 15.2. The lowest BCUT2D eigenvalue weighted by Crippen LogP contribution is -2.52. The van der Waals surface area contributed by atoms with Crippen molar-refractivity contribution >= 4 is 5.91 Å². The number of likely N-dealkylation sites (N-methyl/N-ethyl adjacent to an activating group) is 1. The van der Waals surface area contributed by atoms with E-state index in [9.17, 15) is 4.79 Å². The molecule has 7 nitrogen and oxygen atoms in total. The number of aromatic nitrogens is 2. The van der Waals surface area contributed by atoms with Crippen LogP contribution in [0.5, 0.6) is 0 Å². The normalized spacial score (nSPS) is 16.8. The minimum absolute atomic E-state index is 0.00322. The molecule has 1 aromatic heterocycles. The van der Waals surface area contributed by atoms with Gasteiger partial charge in [-0.25, -0.2) is 4.98 Å². The van der Waals surface area contributed by atoms with E-state index in [4.69, 9.17) is 5.26 Å². The van der Waals surface area contributed by atoms with Gasteiger partial charge in [-0.05, 0) is 20.8 Å². The Morgan fingerprint density at radius 2 is 1.96 bits per heavy atom. The smallest absolute Gasteiger partial charge is 0.237 e. The van der Waals surface area contributed by atoms with E-state index in [-0.39, 0.29) is 5.91 Å². The molecule has 0 aromatic carbocycles. The maximum Gasteiger partial charge on any atom is 0.237 e. The van der Waals surface area contributed by atoms with E-state index in [1.54, 1.807) is 20.9 Å². The number of hydrogen-bond donors (Lipinski definition) is 0. The molecule has 0 saturated carbocycles. The molecule has 1 saturated heterocycles. The molecule has 24 heavy (non-hydrogen) atoms. The van der Waals surface area contributed by atoms with E-state index < -0.39 is 5.54 Å². The summed E-state index contributed by atoms with van der Waals surface area (Å²) in [4.78, 5) is 22.8. The largest absolute Gasteiger partial charge is 0.334 e. The molecular formula is C17H28N6O. The van der Waals surface area contributed by atoms with Crippen molar-refractivity contribution in [1.82, 2.24) is 24.3 Å². The van der Waals surface area contributed by atoms with Gasteiger partial charge in [-0.15, -0.1) is 0 Å². The molecule has 0 aliphatic carbocycles. The number of aryl methyl sites for hydroxylation is 1. The predicted octanol–water partition coefficient (Wildman–Crippen LogP) is 0.781. The van der Waals surface area contributed by atoms with Crippen LogP contribution in [0, 0.1) is 11.3 Å². The van der Waals surface area contributed by atoms with Gasteiger partial charge in [0.2, 0.25) is 5.91 Å². The van der Waals surface area contributed by atoms with Crippen LogP contribution >= 0.6 is 0 Å². The second-order valence-electron chi connectivity index (χ2n) is 6.81. The third-order valence-corrected chi connectivity index (χ3v) is 4.82. The van der Waals surface area contributed by atoms with Crippen LogP contribution in [0.2, 0.25) is 0 Å². The Kier molecular flexibility index (Phi) is 5.97. The summed E-state index contributed by atoms with van der Waals surface area (Å²) in [7, 11) is 1.70. The summed E-state index contributed by atoms with van der Waals surface area (Å²) in [5.41, 5.74) is -0.768. The number of nitriles is 1. The van der Waals surface area contributed by atoms with Crippen molar-refractivity contribution in [3.63, 3.8) is 0 Å². The fraction of sp³-hybridized carbons (Fsp3) is 0.706. The first kappa shape index (κ1) is 18.4. The van der Waals surface area contributed by atoms with Crippen LogP contribution < -0.4 is 0 Å². The predicted molar refractivity (Wildman–Crippen MR) is 92.1 cm³/mol. The Hall–Kier alpha value is -1.91. The number of hydrogen-bond acceptors (Lipinski definition) is 5. The standard InChI is InChI=1S/C17H28N6O/c1-5-23-7-6-19-15(23)12-21-8-10-22(11-9-21)13-16(24)20(4)17(2,3)14-18/h6-7H,5,8-13H2,1-4H3. The summed E-state index contributed by atoms with van der Waals surface area (Å²) < 4.78 is 2.16. The second kappa shape index (κ2) is 7.77. The average molecular weight is 332 g/mol. The fourth-order valence-corrected chi connectivity index (χ4v) is 2.77. The van der Waals surface area contributed by atoms with Gasteiger partial charge in [-0.2, -0.15) is 5.26 Å². The Morgan fingerprint density at radius 1 is 1.33 bits per heavy atom. The van der Waals surface area contributed by atoms with Crippen LogP contribution in [0.15, 0.2) is 12.4 Å². The average Bonchev–Trinajstić information content (AvgIpc) is 3.03. The minimum Gasteiger partial charge on any atom is -0.334 e. The summed E-state index contributed by atoms with van der Waals surface area (Å²) in [6, 6.07) is 2.17. The van der Waals surface area contributed by atoms with Crippen molar-refractivity contribution < 1.29 is 4.79 Å². The lowest BCUT2D eigenvalue weighted by Gasteiger charge is -2.36. The van der Waals surface area contributed by atoms with E-state index in [0.717, 1.165) is 45.1 Å². The number of nitrogens with zero attached hydrogens (tertiary/aromatic N) is 6. The van der Waals surface area contributed by atoms with Gasteiger partial charge in [0.15, 0.2) is 0 Å². The van der Waals surface area contributed by atoms with Gasteiger partial charge in [0.1, 0.15) is 11.4 Å². The first-order valence-corrected chi connectivity index (χ1v) is 8.50. The van der Waals surface area contributed by atoms with Crippen LogP contribution in [0.3, 0.4) is 0 Å². The highest BCUT2D eigenvalue weighted by atomic mass is 16.2. The number of rotatable bonds is 6. The summed E-state index contributed by atoms with van der Waals surface area (Å²) >= 11 is 0. The molecule has 2 heterocycles. The maximum absolute atomic E-state index is 12.3. The molecule has 0 radical (unpaired) electrons. The Morgan fingerprint density at radius 3 is 2.54 bits per heavy atom. The molecule has 0 atom stereocenters. The number of carbonyl (C=O) groups excluding carboxylic acids is 1. The van der Waals surface area contributed by atoms with Gasteiger partial charge in [0.25, 0.3) is 0 Å². The summed E-state index contributed by atoms with van der Waals surface area (Å²) in [6.07, 6.45) is 3.86. The molecule has 0 spiro atoms. The van der Waals surface area contributed by atoms with Crippen molar-refractivity contribution in [1.29, 1.82) is 5.26 Å². The summed E-state index contributed by atoms with van der Waals surface area (Å²) in [5.74, 6) is 1.09. The van der Waals surface area contributed by atoms with Crippen LogP contribution in [0.1, 0.15) is 26.6 Å². The van der Waals surface area contributed by atoms with E-state index in [1.165, 1.54) is 4.90 Å². The molecule has 1 aliphatic rings. The zero-order chi connectivity index (χ0) is 17.7. The van der Waals surface area contributed by atoms with Gasteiger partial charge >= 0.3 is 0 Å². The maximum atomic E-state index is 12.3. The number of amides is 1.